The number of fused-ring (bicyclic) bond motifs is 1. The van der Waals surface area contributed by atoms with Gasteiger partial charge in [-0.3, -0.25) is 9.59 Å². The number of nitrogens with one attached hydrogen (secondary N) is 1. The molecule has 0 fully saturated rings. The number of esters is 1. The molecule has 1 amide bonds. The van der Waals surface area contributed by atoms with Crippen molar-refractivity contribution in [1.29, 1.82) is 0 Å². The summed E-state index contributed by atoms with van der Waals surface area (Å²) >= 11 is 0. The molecular weight excluding hydrogens is 312 g/mol. The third-order valence-electron chi connectivity index (χ3n) is 3.91. The van der Waals surface area contributed by atoms with E-state index in [0.29, 0.717) is 17.3 Å². The van der Waals surface area contributed by atoms with Crippen LogP contribution in [0.3, 0.4) is 0 Å². The van der Waals surface area contributed by atoms with Crippen LogP contribution in [0.1, 0.15) is 20.3 Å². The summed E-state index contributed by atoms with van der Waals surface area (Å²) in [4.78, 5) is 36.3. The standard InChI is InChI=1S/C16H20N4O4/c1-4-10(2)14(16(23)24-3)17-13(21)9-20-15(22)11-7-5-6-8-12(11)18-19-20/h5-8,10,14H,4,9H2,1-3H3,(H,17,21)/t10-,14+/m1/s1. The van der Waals surface area contributed by atoms with E-state index in [4.69, 9.17) is 4.74 Å². The van der Waals surface area contributed by atoms with E-state index in [1.807, 2.05) is 13.8 Å². The van der Waals surface area contributed by atoms with Crippen molar-refractivity contribution in [2.45, 2.75) is 32.9 Å². The fourth-order valence-electron chi connectivity index (χ4n) is 2.28. The van der Waals surface area contributed by atoms with Gasteiger partial charge in [0.15, 0.2) is 0 Å². The highest BCUT2D eigenvalue weighted by Gasteiger charge is 2.26. The third kappa shape index (κ3) is 3.76. The van der Waals surface area contributed by atoms with E-state index in [1.54, 1.807) is 24.3 Å². The SMILES string of the molecule is CC[C@@H](C)[C@H](NC(=O)Cn1nnc2ccccc2c1=O)C(=O)OC. The molecule has 0 radical (unpaired) electrons. The van der Waals surface area contributed by atoms with Gasteiger partial charge >= 0.3 is 5.97 Å². The van der Waals surface area contributed by atoms with Crippen LogP contribution >= 0.6 is 0 Å². The Morgan fingerprint density at radius 1 is 1.33 bits per heavy atom. The monoisotopic (exact) mass is 332 g/mol. The smallest absolute Gasteiger partial charge is 0.328 e. The molecule has 2 rings (SSSR count). The Labute approximate surface area is 138 Å². The van der Waals surface area contributed by atoms with E-state index in [-0.39, 0.29) is 12.5 Å². The van der Waals surface area contributed by atoms with Crippen molar-refractivity contribution in [2.24, 2.45) is 5.92 Å². The summed E-state index contributed by atoms with van der Waals surface area (Å²) in [6, 6.07) is 5.99. The highest BCUT2D eigenvalue weighted by Crippen LogP contribution is 2.09. The van der Waals surface area contributed by atoms with Crippen LogP contribution in [0.25, 0.3) is 10.9 Å². The first-order valence-electron chi connectivity index (χ1n) is 7.67. The van der Waals surface area contributed by atoms with Gasteiger partial charge in [0.1, 0.15) is 18.1 Å². The Balaban J connectivity index is 2.18. The van der Waals surface area contributed by atoms with Gasteiger partial charge in [0, 0.05) is 0 Å². The second-order valence-electron chi connectivity index (χ2n) is 5.52. The fraction of sp³-hybridized carbons (Fsp3) is 0.438. The third-order valence-corrected chi connectivity index (χ3v) is 3.91. The van der Waals surface area contributed by atoms with Crippen LogP contribution in [-0.2, 0) is 20.9 Å². The van der Waals surface area contributed by atoms with Crippen LogP contribution in [0.2, 0.25) is 0 Å². The lowest BCUT2D eigenvalue weighted by Gasteiger charge is -2.21. The molecule has 1 aromatic heterocycles. The van der Waals surface area contributed by atoms with E-state index < -0.39 is 23.5 Å². The number of rotatable bonds is 6. The van der Waals surface area contributed by atoms with Crippen LogP contribution in [-0.4, -0.2) is 40.0 Å². The summed E-state index contributed by atoms with van der Waals surface area (Å²) in [5.74, 6) is -1.12. The molecule has 24 heavy (non-hydrogen) atoms. The van der Waals surface area contributed by atoms with Crippen LogP contribution in [0.15, 0.2) is 29.1 Å². The Morgan fingerprint density at radius 3 is 2.71 bits per heavy atom. The number of carbonyl (C=O) groups excluding carboxylic acids is 2. The number of hydrogen-bond acceptors (Lipinski definition) is 6. The molecule has 0 bridgehead atoms. The number of amides is 1. The zero-order valence-corrected chi connectivity index (χ0v) is 13.9. The fourth-order valence-corrected chi connectivity index (χ4v) is 2.28. The zero-order chi connectivity index (χ0) is 17.7. The molecule has 0 spiro atoms. The lowest BCUT2D eigenvalue weighted by Crippen LogP contribution is -2.47. The van der Waals surface area contributed by atoms with Gasteiger partial charge in [-0.15, -0.1) is 5.10 Å². The first-order chi connectivity index (χ1) is 11.5. The lowest BCUT2D eigenvalue weighted by atomic mass is 9.99. The van der Waals surface area contributed by atoms with Gasteiger partial charge in [-0.1, -0.05) is 37.6 Å². The van der Waals surface area contributed by atoms with Gasteiger partial charge in [-0.05, 0) is 18.1 Å². The first-order valence-corrected chi connectivity index (χ1v) is 7.67. The second kappa shape index (κ2) is 7.67. The minimum absolute atomic E-state index is 0.0965. The Kier molecular flexibility index (Phi) is 5.62. The summed E-state index contributed by atoms with van der Waals surface area (Å²) in [5.41, 5.74) is 0.0557. The van der Waals surface area contributed by atoms with Crippen LogP contribution in [0.5, 0.6) is 0 Å². The first kappa shape index (κ1) is 17.6. The van der Waals surface area contributed by atoms with Gasteiger partial charge < -0.3 is 10.1 Å². The normalized spacial score (nSPS) is 13.3. The molecule has 1 heterocycles. The average Bonchev–Trinajstić information content (AvgIpc) is 2.61. The molecule has 0 aliphatic carbocycles. The number of aromatic nitrogens is 3. The topological polar surface area (TPSA) is 103 Å². The van der Waals surface area contributed by atoms with Gasteiger partial charge in [0.25, 0.3) is 5.56 Å². The highest BCUT2D eigenvalue weighted by atomic mass is 16.5. The molecule has 0 aliphatic rings. The van der Waals surface area contributed by atoms with Gasteiger partial charge in [-0.25, -0.2) is 9.48 Å². The molecule has 8 nitrogen and oxygen atoms in total. The Bertz CT molecular complexity index is 802. The van der Waals surface area contributed by atoms with E-state index in [9.17, 15) is 14.4 Å². The highest BCUT2D eigenvalue weighted by molar-refractivity contribution is 5.84. The van der Waals surface area contributed by atoms with E-state index >= 15 is 0 Å². The molecule has 128 valence electrons. The second-order valence-corrected chi connectivity index (χ2v) is 5.52. The van der Waals surface area contributed by atoms with Crippen molar-refractivity contribution in [3.05, 3.63) is 34.6 Å². The number of benzene rings is 1. The molecular formula is C16H20N4O4. The van der Waals surface area contributed by atoms with Crippen molar-refractivity contribution in [3.8, 4) is 0 Å². The Hall–Kier alpha value is -2.77. The zero-order valence-electron chi connectivity index (χ0n) is 13.9. The maximum atomic E-state index is 12.3. The quantitative estimate of drug-likeness (QED) is 0.773. The molecule has 0 aliphatic heterocycles. The van der Waals surface area contributed by atoms with Gasteiger partial charge in [0.2, 0.25) is 5.91 Å². The summed E-state index contributed by atoms with van der Waals surface area (Å²) < 4.78 is 5.69. The molecule has 1 aromatic carbocycles. The van der Waals surface area contributed by atoms with Crippen molar-refractivity contribution in [1.82, 2.24) is 20.3 Å². The number of ether oxygens (including phenoxy) is 1. The van der Waals surface area contributed by atoms with Gasteiger partial charge in [-0.2, -0.15) is 0 Å². The predicted molar refractivity (Wildman–Crippen MR) is 87.2 cm³/mol. The molecule has 2 atom stereocenters. The van der Waals surface area contributed by atoms with E-state index in [2.05, 4.69) is 15.6 Å². The largest absolute Gasteiger partial charge is 0.467 e. The van der Waals surface area contributed by atoms with Crippen LogP contribution < -0.4 is 10.9 Å². The number of hydrogen-bond donors (Lipinski definition) is 1. The van der Waals surface area contributed by atoms with E-state index in [1.165, 1.54) is 7.11 Å². The van der Waals surface area contributed by atoms with Gasteiger partial charge in [0.05, 0.1) is 12.5 Å². The molecule has 8 heteroatoms. The summed E-state index contributed by atoms with van der Waals surface area (Å²) in [5, 5.41) is 10.7. The van der Waals surface area contributed by atoms with Crippen molar-refractivity contribution >= 4 is 22.8 Å². The lowest BCUT2D eigenvalue weighted by molar-refractivity contribution is -0.146. The molecule has 0 saturated carbocycles. The summed E-state index contributed by atoms with van der Waals surface area (Å²) in [6.45, 7) is 3.43. The predicted octanol–water partition coefficient (Wildman–Crippen LogP) is 0.495. The minimum atomic E-state index is -0.767. The minimum Gasteiger partial charge on any atom is -0.467 e. The summed E-state index contributed by atoms with van der Waals surface area (Å²) in [7, 11) is 1.27. The maximum Gasteiger partial charge on any atom is 0.328 e. The average molecular weight is 332 g/mol. The molecule has 0 unspecified atom stereocenters. The van der Waals surface area contributed by atoms with E-state index in [0.717, 1.165) is 4.68 Å². The number of methoxy groups -OCH3 is 1. The van der Waals surface area contributed by atoms with Crippen molar-refractivity contribution in [3.63, 3.8) is 0 Å². The summed E-state index contributed by atoms with van der Waals surface area (Å²) in [6.07, 6.45) is 0.690. The Morgan fingerprint density at radius 2 is 2.04 bits per heavy atom. The van der Waals surface area contributed by atoms with Crippen LogP contribution in [0.4, 0.5) is 0 Å². The molecule has 0 saturated heterocycles. The number of carbonyl (C=O) groups is 2. The maximum absolute atomic E-state index is 12.3. The number of nitrogens with zero attached hydrogens (tertiary/aromatic N) is 3. The van der Waals surface area contributed by atoms with Crippen molar-refractivity contribution < 1.29 is 14.3 Å². The van der Waals surface area contributed by atoms with Crippen molar-refractivity contribution in [2.75, 3.05) is 7.11 Å². The molecule has 1 N–H and O–H groups in total. The van der Waals surface area contributed by atoms with Crippen LogP contribution in [0, 0.1) is 5.92 Å². The molecule has 2 aromatic rings.